The van der Waals surface area contributed by atoms with Gasteiger partial charge in [-0.15, -0.1) is 0 Å². The molecule has 0 radical (unpaired) electrons. The predicted molar refractivity (Wildman–Crippen MR) is 240 cm³/mol. The summed E-state index contributed by atoms with van der Waals surface area (Å²) in [5.41, 5.74) is 13.4. The van der Waals surface area contributed by atoms with Crippen LogP contribution in [0.4, 0.5) is 17.1 Å². The number of aromatic nitrogens is 1. The molecule has 264 valence electrons. The Labute approximate surface area is 327 Å². The molecule has 0 spiro atoms. The Hall–Kier alpha value is -7.62. The van der Waals surface area contributed by atoms with Gasteiger partial charge in [0.25, 0.3) is 0 Å². The molecule has 0 aliphatic carbocycles. The Balaban J connectivity index is 1.14. The first-order chi connectivity index (χ1) is 28.3. The molecule has 13 rings (SSSR count). The van der Waals surface area contributed by atoms with Gasteiger partial charge in [-0.05, 0) is 104 Å². The van der Waals surface area contributed by atoms with Crippen LogP contribution in [0.1, 0.15) is 0 Å². The average Bonchev–Trinajstić information content (AvgIpc) is 3.81. The summed E-state index contributed by atoms with van der Waals surface area (Å²) < 4.78 is 9.21. The van der Waals surface area contributed by atoms with Crippen molar-refractivity contribution in [3.05, 3.63) is 194 Å². The number of rotatable bonds is 3. The third kappa shape index (κ3) is 4.31. The summed E-state index contributed by atoms with van der Waals surface area (Å²) >= 11 is 0. The maximum absolute atomic E-state index is 6.81. The maximum Gasteiger partial charge on any atom is 0.159 e. The van der Waals surface area contributed by atoms with Gasteiger partial charge in [-0.3, -0.25) is 0 Å². The number of benzene rings is 10. The third-order valence-electron chi connectivity index (χ3n) is 12.2. The first-order valence-electron chi connectivity index (χ1n) is 19.6. The Kier molecular flexibility index (Phi) is 6.16. The fourth-order valence-electron chi connectivity index (χ4n) is 9.74. The first kappa shape index (κ1) is 30.7. The lowest BCUT2D eigenvalue weighted by Crippen LogP contribution is -2.15. The average molecular weight is 725 g/mol. The highest BCUT2D eigenvalue weighted by Gasteiger charge is 2.28. The van der Waals surface area contributed by atoms with E-state index >= 15 is 0 Å². The molecule has 0 amide bonds. The zero-order valence-electron chi connectivity index (χ0n) is 30.8. The quantitative estimate of drug-likeness (QED) is 0.181. The molecule has 3 heterocycles. The van der Waals surface area contributed by atoms with Crippen LogP contribution < -0.4 is 4.90 Å². The van der Waals surface area contributed by atoms with Gasteiger partial charge in [-0.25, -0.2) is 0 Å². The number of hydrogen-bond donors (Lipinski definition) is 0. The molecule has 1 aliphatic rings. The van der Waals surface area contributed by atoms with Crippen LogP contribution in [0.5, 0.6) is 0 Å². The van der Waals surface area contributed by atoms with Crippen LogP contribution in [-0.4, -0.2) is 4.57 Å². The lowest BCUT2D eigenvalue weighted by molar-refractivity contribution is 0.666. The Morgan fingerprint density at radius 2 is 0.982 bits per heavy atom. The highest BCUT2D eigenvalue weighted by Crippen LogP contribution is 2.53. The summed E-state index contributed by atoms with van der Waals surface area (Å²) in [4.78, 5) is 2.49. The third-order valence-corrected chi connectivity index (χ3v) is 12.2. The van der Waals surface area contributed by atoms with Crippen LogP contribution in [-0.2, 0) is 0 Å². The molecule has 1 aliphatic heterocycles. The second kappa shape index (κ2) is 11.5. The van der Waals surface area contributed by atoms with Gasteiger partial charge >= 0.3 is 0 Å². The molecule has 0 saturated carbocycles. The summed E-state index contributed by atoms with van der Waals surface area (Å²) in [5.74, 6) is 0. The molecule has 0 bridgehead atoms. The standard InChI is InChI=1S/C54H32N2O/c1-2-14-35-30-50-45(28-34(35)13-1)43-22-11-16-33-17-12-25-49(53(33)43)55(50)38-27-36-15-3-4-18-39(36)44(32-38)37-29-46-42-21-7-10-26-52(42)57-54(46)51(31-37)56-47-23-8-5-19-40(47)41-20-6-9-24-48(41)56/h1-32H. The summed E-state index contributed by atoms with van der Waals surface area (Å²) in [6.07, 6.45) is 0. The van der Waals surface area contributed by atoms with E-state index in [0.29, 0.717) is 0 Å². The zero-order chi connectivity index (χ0) is 37.2. The monoisotopic (exact) mass is 724 g/mol. The fraction of sp³-hybridized carbons (Fsp3) is 0. The van der Waals surface area contributed by atoms with E-state index in [1.54, 1.807) is 0 Å². The van der Waals surface area contributed by atoms with Gasteiger partial charge in [0, 0.05) is 38.2 Å². The Morgan fingerprint density at radius 1 is 0.351 bits per heavy atom. The minimum Gasteiger partial charge on any atom is -0.454 e. The van der Waals surface area contributed by atoms with Crippen molar-refractivity contribution in [2.75, 3.05) is 4.90 Å². The van der Waals surface area contributed by atoms with Gasteiger partial charge in [0.15, 0.2) is 5.58 Å². The number of furan rings is 1. The van der Waals surface area contributed by atoms with Crippen LogP contribution in [0.3, 0.4) is 0 Å². The Bertz CT molecular complexity index is 3600. The molecule has 0 unspecified atom stereocenters. The van der Waals surface area contributed by atoms with Crippen molar-refractivity contribution in [2.24, 2.45) is 0 Å². The van der Waals surface area contributed by atoms with E-state index in [9.17, 15) is 0 Å². The van der Waals surface area contributed by atoms with Gasteiger partial charge in [-0.1, -0.05) is 133 Å². The van der Waals surface area contributed by atoms with Crippen molar-refractivity contribution in [2.45, 2.75) is 0 Å². The van der Waals surface area contributed by atoms with Crippen molar-refractivity contribution in [1.82, 2.24) is 4.57 Å². The minimum absolute atomic E-state index is 0.882. The van der Waals surface area contributed by atoms with E-state index in [4.69, 9.17) is 4.42 Å². The number of fused-ring (bicyclic) bond motifs is 10. The summed E-state index contributed by atoms with van der Waals surface area (Å²) in [7, 11) is 0. The van der Waals surface area contributed by atoms with E-state index in [0.717, 1.165) is 49.9 Å². The molecule has 10 aromatic carbocycles. The highest BCUT2D eigenvalue weighted by atomic mass is 16.3. The van der Waals surface area contributed by atoms with Gasteiger partial charge in [-0.2, -0.15) is 0 Å². The SMILES string of the molecule is c1ccc2cc3c(cc2c1)-c1cccc2cccc(c12)N3c1cc(-c2cc(-n3c4ccccc4c4ccccc43)c3oc4ccccc4c3c2)c2ccccc2c1. The number of anilines is 3. The second-order valence-electron chi connectivity index (χ2n) is 15.3. The van der Waals surface area contributed by atoms with Crippen LogP contribution in [0, 0.1) is 0 Å². The van der Waals surface area contributed by atoms with Crippen molar-refractivity contribution in [1.29, 1.82) is 0 Å². The summed E-state index contributed by atoms with van der Waals surface area (Å²) in [5, 5.41) is 12.0. The summed E-state index contributed by atoms with van der Waals surface area (Å²) in [6.45, 7) is 0. The van der Waals surface area contributed by atoms with Crippen molar-refractivity contribution in [3.8, 4) is 27.9 Å². The molecule has 57 heavy (non-hydrogen) atoms. The number of nitrogens with zero attached hydrogens (tertiary/aromatic N) is 2. The van der Waals surface area contributed by atoms with E-state index in [-0.39, 0.29) is 0 Å². The second-order valence-corrected chi connectivity index (χ2v) is 15.3. The molecule has 3 nitrogen and oxygen atoms in total. The van der Waals surface area contributed by atoms with E-state index in [2.05, 4.69) is 204 Å². The lowest BCUT2D eigenvalue weighted by Gasteiger charge is -2.34. The van der Waals surface area contributed by atoms with E-state index < -0.39 is 0 Å². The van der Waals surface area contributed by atoms with Crippen molar-refractivity contribution in [3.63, 3.8) is 0 Å². The molecule has 0 N–H and O–H groups in total. The topological polar surface area (TPSA) is 21.3 Å². The van der Waals surface area contributed by atoms with E-state index in [1.807, 2.05) is 0 Å². The lowest BCUT2D eigenvalue weighted by atomic mass is 9.88. The summed E-state index contributed by atoms with van der Waals surface area (Å²) in [6, 6.07) is 71.0. The smallest absolute Gasteiger partial charge is 0.159 e. The number of para-hydroxylation sites is 3. The van der Waals surface area contributed by atoms with Crippen LogP contribution in [0.2, 0.25) is 0 Å². The van der Waals surface area contributed by atoms with Crippen molar-refractivity contribution >= 4 is 93.1 Å². The molecular formula is C54H32N2O. The predicted octanol–water partition coefficient (Wildman–Crippen LogP) is 15.3. The molecule has 0 atom stereocenters. The van der Waals surface area contributed by atoms with Gasteiger partial charge in [0.2, 0.25) is 0 Å². The minimum atomic E-state index is 0.882. The number of hydrogen-bond acceptors (Lipinski definition) is 2. The van der Waals surface area contributed by atoms with Crippen LogP contribution in [0.25, 0.3) is 104 Å². The van der Waals surface area contributed by atoms with E-state index in [1.165, 1.54) is 71.2 Å². The molecule has 0 saturated heterocycles. The molecule has 3 heteroatoms. The zero-order valence-corrected chi connectivity index (χ0v) is 30.8. The van der Waals surface area contributed by atoms with Crippen molar-refractivity contribution < 1.29 is 4.42 Å². The largest absolute Gasteiger partial charge is 0.454 e. The van der Waals surface area contributed by atoms with Gasteiger partial charge in [0.1, 0.15) is 5.58 Å². The van der Waals surface area contributed by atoms with Gasteiger partial charge < -0.3 is 13.9 Å². The molecule has 12 aromatic rings. The fourth-order valence-corrected chi connectivity index (χ4v) is 9.74. The Morgan fingerprint density at radius 3 is 1.77 bits per heavy atom. The highest BCUT2D eigenvalue weighted by molar-refractivity contribution is 6.18. The van der Waals surface area contributed by atoms with Crippen LogP contribution in [0.15, 0.2) is 199 Å². The van der Waals surface area contributed by atoms with Crippen LogP contribution >= 0.6 is 0 Å². The molecule has 0 fully saturated rings. The first-order valence-corrected chi connectivity index (χ1v) is 19.6. The van der Waals surface area contributed by atoms with Gasteiger partial charge in [0.05, 0.1) is 28.1 Å². The molecule has 2 aromatic heterocycles. The normalized spacial score (nSPS) is 12.5. The molecular weight excluding hydrogens is 693 g/mol. The maximum atomic E-state index is 6.81.